The monoisotopic (exact) mass is 331 g/mol. The van der Waals surface area contributed by atoms with Gasteiger partial charge in [0.05, 0.1) is 17.4 Å². The predicted molar refractivity (Wildman–Crippen MR) is 79.8 cm³/mol. The van der Waals surface area contributed by atoms with E-state index in [0.717, 1.165) is 11.3 Å². The summed E-state index contributed by atoms with van der Waals surface area (Å²) < 4.78 is 0.652. The van der Waals surface area contributed by atoms with Crippen molar-refractivity contribution in [3.05, 3.63) is 62.6 Å². The fraction of sp³-hybridized carbons (Fsp3) is 0.0714. The van der Waals surface area contributed by atoms with Gasteiger partial charge in [0, 0.05) is 16.2 Å². The zero-order valence-electron chi connectivity index (χ0n) is 10.3. The van der Waals surface area contributed by atoms with Gasteiger partial charge in [-0.15, -0.1) is 0 Å². The third-order valence-corrected chi connectivity index (χ3v) is 3.17. The minimum atomic E-state index is -0.433. The lowest BCUT2D eigenvalue weighted by Gasteiger charge is -2.08. The van der Waals surface area contributed by atoms with E-state index in [-0.39, 0.29) is 5.69 Å². The largest absolute Gasteiger partial charge is 0.350 e. The molecule has 0 saturated carbocycles. The number of hydrogen-bond donors (Lipinski definition) is 1. The van der Waals surface area contributed by atoms with Crippen molar-refractivity contribution in [1.29, 1.82) is 5.26 Å². The molecule has 0 aliphatic rings. The number of nitro groups is 1. The van der Waals surface area contributed by atoms with Crippen LogP contribution >= 0.6 is 15.9 Å². The Labute approximate surface area is 124 Å². The molecule has 20 heavy (non-hydrogen) atoms. The van der Waals surface area contributed by atoms with Gasteiger partial charge in [0.15, 0.2) is 0 Å². The number of halogens is 1. The van der Waals surface area contributed by atoms with Crippen LogP contribution < -0.4 is 5.32 Å². The van der Waals surface area contributed by atoms with E-state index >= 15 is 0 Å². The molecule has 2 rings (SSSR count). The van der Waals surface area contributed by atoms with Gasteiger partial charge in [-0.05, 0) is 29.8 Å². The summed E-state index contributed by atoms with van der Waals surface area (Å²) >= 11 is 3.21. The summed E-state index contributed by atoms with van der Waals surface area (Å²) in [5.41, 5.74) is 2.06. The Kier molecular flexibility index (Phi) is 4.33. The molecule has 100 valence electrons. The lowest BCUT2D eigenvalue weighted by molar-refractivity contribution is -0.384. The van der Waals surface area contributed by atoms with Crippen molar-refractivity contribution >= 4 is 33.0 Å². The molecule has 0 atom stereocenters. The van der Waals surface area contributed by atoms with Gasteiger partial charge < -0.3 is 5.32 Å². The second-order valence-corrected chi connectivity index (χ2v) is 4.99. The molecule has 0 unspecified atom stereocenters. The summed E-state index contributed by atoms with van der Waals surface area (Å²) in [6.45, 7) is 0. The molecule has 6 heteroatoms. The van der Waals surface area contributed by atoms with Crippen LogP contribution in [0.15, 0.2) is 46.9 Å². The molecule has 0 bridgehead atoms. The molecule has 0 aromatic heterocycles. The molecule has 0 aliphatic carbocycles. The summed E-state index contributed by atoms with van der Waals surface area (Å²) in [6, 6.07) is 14.1. The predicted octanol–water partition coefficient (Wildman–Crippen LogP) is 4.17. The molecule has 0 amide bonds. The smallest absolute Gasteiger partial charge is 0.293 e. The Balaban J connectivity index is 2.26. The zero-order valence-corrected chi connectivity index (χ0v) is 11.9. The molecule has 2 aromatic carbocycles. The van der Waals surface area contributed by atoms with E-state index < -0.39 is 4.92 Å². The third kappa shape index (κ3) is 3.33. The number of nitriles is 1. The molecule has 0 aliphatic heterocycles. The van der Waals surface area contributed by atoms with Gasteiger partial charge in [0.1, 0.15) is 5.69 Å². The van der Waals surface area contributed by atoms with Gasteiger partial charge in [-0.25, -0.2) is 0 Å². The van der Waals surface area contributed by atoms with Crippen LogP contribution in [0.1, 0.15) is 5.56 Å². The van der Waals surface area contributed by atoms with Crippen molar-refractivity contribution in [1.82, 2.24) is 0 Å². The van der Waals surface area contributed by atoms with Crippen LogP contribution in [0.25, 0.3) is 0 Å². The van der Waals surface area contributed by atoms with Gasteiger partial charge in [-0.3, -0.25) is 10.1 Å². The average Bonchev–Trinajstić information content (AvgIpc) is 2.43. The lowest BCUT2D eigenvalue weighted by atomic mass is 10.1. The molecule has 0 fully saturated rings. The van der Waals surface area contributed by atoms with Crippen molar-refractivity contribution in [3.63, 3.8) is 0 Å². The minimum absolute atomic E-state index is 0.000441. The van der Waals surface area contributed by atoms with Crippen LogP contribution in [0.3, 0.4) is 0 Å². The van der Waals surface area contributed by atoms with E-state index in [4.69, 9.17) is 5.26 Å². The second-order valence-electron chi connectivity index (χ2n) is 4.08. The van der Waals surface area contributed by atoms with Gasteiger partial charge >= 0.3 is 0 Å². The molecule has 0 heterocycles. The Morgan fingerprint density at radius 1 is 1.25 bits per heavy atom. The summed E-state index contributed by atoms with van der Waals surface area (Å²) in [7, 11) is 0. The van der Waals surface area contributed by atoms with E-state index in [0.29, 0.717) is 16.6 Å². The van der Waals surface area contributed by atoms with E-state index in [9.17, 15) is 10.1 Å². The zero-order chi connectivity index (χ0) is 14.5. The van der Waals surface area contributed by atoms with Crippen molar-refractivity contribution in [2.45, 2.75) is 6.42 Å². The Bertz CT molecular complexity index is 678. The first-order valence-corrected chi connectivity index (χ1v) is 6.56. The number of nitrogens with zero attached hydrogens (tertiary/aromatic N) is 2. The fourth-order valence-corrected chi connectivity index (χ4v) is 2.06. The summed E-state index contributed by atoms with van der Waals surface area (Å²) in [5, 5.41) is 22.6. The average molecular weight is 332 g/mol. The molecule has 1 N–H and O–H groups in total. The van der Waals surface area contributed by atoms with Crippen molar-refractivity contribution in [2.24, 2.45) is 0 Å². The van der Waals surface area contributed by atoms with Crippen LogP contribution in [0.4, 0.5) is 17.1 Å². The standard InChI is InChI=1S/C14H10BrN3O2/c15-11-3-6-13(14(9-11)18(19)20)17-12-4-1-10(2-5-12)7-8-16/h1-6,9,17H,7H2. The maximum absolute atomic E-state index is 11.0. The molecule has 0 saturated heterocycles. The number of hydrogen-bond acceptors (Lipinski definition) is 4. The highest BCUT2D eigenvalue weighted by Gasteiger charge is 2.14. The Hall–Kier alpha value is -2.39. The summed E-state index contributed by atoms with van der Waals surface area (Å²) in [6.07, 6.45) is 0.346. The minimum Gasteiger partial charge on any atom is -0.350 e. The number of anilines is 2. The molecular weight excluding hydrogens is 322 g/mol. The third-order valence-electron chi connectivity index (χ3n) is 2.67. The van der Waals surface area contributed by atoms with Crippen molar-refractivity contribution < 1.29 is 4.92 Å². The highest BCUT2D eigenvalue weighted by atomic mass is 79.9. The van der Waals surface area contributed by atoms with E-state index in [2.05, 4.69) is 27.3 Å². The highest BCUT2D eigenvalue weighted by Crippen LogP contribution is 2.30. The SMILES string of the molecule is N#CCc1ccc(Nc2ccc(Br)cc2[N+](=O)[O-])cc1. The summed E-state index contributed by atoms with van der Waals surface area (Å²) in [5.74, 6) is 0. The molecule has 0 spiro atoms. The van der Waals surface area contributed by atoms with E-state index in [1.165, 1.54) is 6.07 Å². The number of nitrogens with one attached hydrogen (secondary N) is 1. The quantitative estimate of drug-likeness (QED) is 0.673. The highest BCUT2D eigenvalue weighted by molar-refractivity contribution is 9.10. The molecule has 2 aromatic rings. The first-order chi connectivity index (χ1) is 9.60. The lowest BCUT2D eigenvalue weighted by Crippen LogP contribution is -1.97. The summed E-state index contributed by atoms with van der Waals surface area (Å²) in [4.78, 5) is 10.6. The van der Waals surface area contributed by atoms with Crippen LogP contribution in [0, 0.1) is 21.4 Å². The van der Waals surface area contributed by atoms with Gasteiger partial charge in [-0.1, -0.05) is 28.1 Å². The van der Waals surface area contributed by atoms with Crippen LogP contribution in [-0.2, 0) is 6.42 Å². The van der Waals surface area contributed by atoms with Crippen LogP contribution in [0.2, 0.25) is 0 Å². The molecular formula is C14H10BrN3O2. The molecule has 5 nitrogen and oxygen atoms in total. The maximum Gasteiger partial charge on any atom is 0.293 e. The number of rotatable bonds is 4. The normalized spacial score (nSPS) is 9.80. The van der Waals surface area contributed by atoms with Gasteiger partial charge in [-0.2, -0.15) is 5.26 Å². The van der Waals surface area contributed by atoms with Gasteiger partial charge in [0.2, 0.25) is 0 Å². The van der Waals surface area contributed by atoms with Gasteiger partial charge in [0.25, 0.3) is 5.69 Å². The topological polar surface area (TPSA) is 79.0 Å². The Morgan fingerprint density at radius 2 is 1.95 bits per heavy atom. The van der Waals surface area contributed by atoms with Crippen molar-refractivity contribution in [2.75, 3.05) is 5.32 Å². The number of nitro benzene ring substituents is 1. The Morgan fingerprint density at radius 3 is 2.55 bits per heavy atom. The fourth-order valence-electron chi connectivity index (χ4n) is 1.71. The number of benzene rings is 2. The first-order valence-electron chi connectivity index (χ1n) is 5.77. The van der Waals surface area contributed by atoms with E-state index in [1.807, 2.05) is 12.1 Å². The van der Waals surface area contributed by atoms with Crippen LogP contribution in [0.5, 0.6) is 0 Å². The second kappa shape index (κ2) is 6.17. The van der Waals surface area contributed by atoms with E-state index in [1.54, 1.807) is 24.3 Å². The maximum atomic E-state index is 11.0. The first kappa shape index (κ1) is 14.0. The van der Waals surface area contributed by atoms with Crippen LogP contribution in [-0.4, -0.2) is 4.92 Å². The van der Waals surface area contributed by atoms with Crippen molar-refractivity contribution in [3.8, 4) is 6.07 Å². The molecule has 0 radical (unpaired) electrons.